The normalized spacial score (nSPS) is 25.0. The van der Waals surface area contributed by atoms with Gasteiger partial charge in [0.15, 0.2) is 11.5 Å². The van der Waals surface area contributed by atoms with Gasteiger partial charge in [0.05, 0.1) is 0 Å². The number of hydrogen-bond acceptors (Lipinski definition) is 3. The van der Waals surface area contributed by atoms with E-state index in [1.807, 2.05) is 6.07 Å². The van der Waals surface area contributed by atoms with Crippen LogP contribution in [0.2, 0.25) is 0 Å². The highest BCUT2D eigenvalue weighted by Crippen LogP contribution is 2.40. The summed E-state index contributed by atoms with van der Waals surface area (Å²) in [5.74, 6) is 1.29. The summed E-state index contributed by atoms with van der Waals surface area (Å²) in [7, 11) is 0. The molecule has 0 N–H and O–H groups in total. The first-order valence-corrected chi connectivity index (χ1v) is 9.07. The molecule has 4 rings (SSSR count). The van der Waals surface area contributed by atoms with Gasteiger partial charge in [0.25, 0.3) is 0 Å². The van der Waals surface area contributed by atoms with E-state index < -0.39 is 6.86 Å². The topological polar surface area (TPSA) is 21.7 Å². The summed E-state index contributed by atoms with van der Waals surface area (Å²) < 4.78 is 23.7. The monoisotopic (exact) mass is 319 g/mol. The van der Waals surface area contributed by atoms with Crippen molar-refractivity contribution >= 4 is 0 Å². The fourth-order valence-corrected chi connectivity index (χ4v) is 4.52. The first-order valence-electron chi connectivity index (χ1n) is 9.07. The van der Waals surface area contributed by atoms with Crippen molar-refractivity contribution in [3.63, 3.8) is 0 Å². The molecule has 1 aromatic carbocycles. The summed E-state index contributed by atoms with van der Waals surface area (Å²) >= 11 is 0. The lowest BCUT2D eigenvalue weighted by Gasteiger charge is -2.47. The second kappa shape index (κ2) is 6.68. The van der Waals surface area contributed by atoms with E-state index in [2.05, 4.69) is 11.0 Å². The quantitative estimate of drug-likeness (QED) is 0.816. The summed E-state index contributed by atoms with van der Waals surface area (Å²) in [6, 6.07) is 7.77. The molecule has 3 nitrogen and oxygen atoms in total. The van der Waals surface area contributed by atoms with Gasteiger partial charge in [-0.25, -0.2) is 4.39 Å². The van der Waals surface area contributed by atoms with Gasteiger partial charge in [0.2, 0.25) is 6.86 Å². The number of nitrogens with zero attached hydrogens (tertiary/aromatic N) is 1. The smallest absolute Gasteiger partial charge is 0.228 e. The van der Waals surface area contributed by atoms with Gasteiger partial charge in [-0.1, -0.05) is 31.4 Å². The van der Waals surface area contributed by atoms with Crippen LogP contribution in [-0.4, -0.2) is 36.5 Å². The Bertz CT molecular complexity index is 540. The summed E-state index contributed by atoms with van der Waals surface area (Å²) in [5.41, 5.74) is 1.16. The van der Waals surface area contributed by atoms with Gasteiger partial charge in [-0.3, -0.25) is 4.90 Å². The minimum absolute atomic E-state index is 0.455. The Morgan fingerprint density at radius 2 is 1.78 bits per heavy atom. The molecule has 0 unspecified atom stereocenters. The van der Waals surface area contributed by atoms with Crippen molar-refractivity contribution in [3.05, 3.63) is 23.8 Å². The molecular formula is C19H26FNO2. The van der Waals surface area contributed by atoms with Crippen LogP contribution < -0.4 is 9.47 Å². The van der Waals surface area contributed by atoms with E-state index >= 15 is 0 Å². The molecule has 0 amide bonds. The van der Waals surface area contributed by atoms with Crippen LogP contribution in [0.5, 0.6) is 11.5 Å². The van der Waals surface area contributed by atoms with E-state index in [9.17, 15) is 4.39 Å². The molecule has 2 fully saturated rings. The molecule has 0 radical (unpaired) electrons. The van der Waals surface area contributed by atoms with Crippen molar-refractivity contribution in [2.75, 3.05) is 13.5 Å². The summed E-state index contributed by atoms with van der Waals surface area (Å²) in [4.78, 5) is 2.78. The molecule has 0 saturated heterocycles. The first kappa shape index (κ1) is 15.3. The lowest BCUT2D eigenvalue weighted by Crippen LogP contribution is -2.55. The van der Waals surface area contributed by atoms with Gasteiger partial charge in [-0.2, -0.15) is 0 Å². The van der Waals surface area contributed by atoms with Crippen LogP contribution in [0.25, 0.3) is 0 Å². The molecule has 3 aliphatic rings. The molecule has 126 valence electrons. The van der Waals surface area contributed by atoms with Crippen molar-refractivity contribution in [2.45, 2.75) is 69.5 Å². The maximum atomic E-state index is 12.5. The zero-order chi connectivity index (χ0) is 15.6. The second-order valence-corrected chi connectivity index (χ2v) is 7.14. The number of para-hydroxylation sites is 1. The molecule has 1 aliphatic heterocycles. The molecule has 4 heteroatoms. The lowest BCUT2D eigenvalue weighted by molar-refractivity contribution is 0.00908. The van der Waals surface area contributed by atoms with E-state index in [1.165, 1.54) is 44.9 Å². The van der Waals surface area contributed by atoms with Crippen LogP contribution in [0.1, 0.15) is 50.5 Å². The Hall–Kier alpha value is -1.29. The molecular weight excluding hydrogens is 293 g/mol. The number of alkyl halides is 1. The number of ether oxygens (including phenoxy) is 2. The van der Waals surface area contributed by atoms with Gasteiger partial charge < -0.3 is 9.47 Å². The van der Waals surface area contributed by atoms with Crippen molar-refractivity contribution < 1.29 is 13.9 Å². The Labute approximate surface area is 137 Å². The number of fused-ring (bicyclic) bond motifs is 1. The predicted molar refractivity (Wildman–Crippen MR) is 87.8 cm³/mol. The third-order valence-corrected chi connectivity index (χ3v) is 5.81. The number of rotatable bonds is 5. The Morgan fingerprint density at radius 3 is 2.43 bits per heavy atom. The van der Waals surface area contributed by atoms with Crippen molar-refractivity contribution in [1.29, 1.82) is 0 Å². The third kappa shape index (κ3) is 2.93. The molecule has 23 heavy (non-hydrogen) atoms. The highest BCUT2D eigenvalue weighted by Gasteiger charge is 2.38. The van der Waals surface area contributed by atoms with E-state index in [0.717, 1.165) is 29.8 Å². The van der Waals surface area contributed by atoms with Crippen LogP contribution in [0.4, 0.5) is 4.39 Å². The van der Waals surface area contributed by atoms with Crippen LogP contribution >= 0.6 is 0 Å². The van der Waals surface area contributed by atoms with E-state index in [0.29, 0.717) is 18.4 Å². The minimum atomic E-state index is -0.806. The summed E-state index contributed by atoms with van der Waals surface area (Å²) in [6.07, 6.45) is 10.4. The molecule has 1 atom stereocenters. The zero-order valence-electron chi connectivity index (χ0n) is 13.7. The van der Waals surface area contributed by atoms with Crippen LogP contribution in [-0.2, 0) is 6.42 Å². The molecule has 2 saturated carbocycles. The highest BCUT2D eigenvalue weighted by atomic mass is 19.1. The van der Waals surface area contributed by atoms with Crippen molar-refractivity contribution in [3.8, 4) is 11.5 Å². The second-order valence-electron chi connectivity index (χ2n) is 7.14. The Morgan fingerprint density at radius 1 is 1.04 bits per heavy atom. The van der Waals surface area contributed by atoms with Crippen LogP contribution in [0, 0.1) is 0 Å². The van der Waals surface area contributed by atoms with Crippen molar-refractivity contribution in [1.82, 2.24) is 4.90 Å². The Balaban J connectivity index is 1.54. The zero-order valence-corrected chi connectivity index (χ0v) is 13.7. The fraction of sp³-hybridized carbons (Fsp3) is 0.684. The maximum absolute atomic E-state index is 12.5. The van der Waals surface area contributed by atoms with Crippen molar-refractivity contribution in [2.24, 2.45) is 0 Å². The predicted octanol–water partition coefficient (Wildman–Crippen LogP) is 4.09. The highest BCUT2D eigenvalue weighted by molar-refractivity contribution is 5.48. The minimum Gasteiger partial charge on any atom is -0.488 e. The largest absolute Gasteiger partial charge is 0.488 e. The standard InChI is InChI=1S/C19H26FNO2/c20-13-23-18-10-3-5-14-11-17(12-22-19(14)18)21(16-8-4-9-16)15-6-1-2-7-15/h3,5,10,15-17H,1-2,4,6-9,11-13H2/t17-/m1/s1. The molecule has 2 aliphatic carbocycles. The lowest BCUT2D eigenvalue weighted by atomic mass is 9.87. The molecule has 1 heterocycles. The van der Waals surface area contributed by atoms with Crippen LogP contribution in [0.3, 0.4) is 0 Å². The molecule has 0 bridgehead atoms. The molecule has 0 aromatic heterocycles. The van der Waals surface area contributed by atoms with Gasteiger partial charge >= 0.3 is 0 Å². The summed E-state index contributed by atoms with van der Waals surface area (Å²) in [5, 5.41) is 0. The number of hydrogen-bond donors (Lipinski definition) is 0. The average molecular weight is 319 g/mol. The third-order valence-electron chi connectivity index (χ3n) is 5.81. The first-order chi connectivity index (χ1) is 11.4. The van der Waals surface area contributed by atoms with E-state index in [-0.39, 0.29) is 0 Å². The van der Waals surface area contributed by atoms with E-state index in [1.54, 1.807) is 6.07 Å². The van der Waals surface area contributed by atoms with Gasteiger partial charge in [0, 0.05) is 18.1 Å². The van der Waals surface area contributed by atoms with Crippen LogP contribution in [0.15, 0.2) is 18.2 Å². The molecule has 1 aromatic rings. The number of halogens is 1. The molecule has 0 spiro atoms. The maximum Gasteiger partial charge on any atom is 0.228 e. The number of benzene rings is 1. The average Bonchev–Trinajstić information content (AvgIpc) is 3.05. The summed E-state index contributed by atoms with van der Waals surface area (Å²) in [6.45, 7) is -0.105. The SMILES string of the molecule is FCOc1cccc2c1OC[C@H](N(C1CCCC1)C1CCC1)C2. The fourth-order valence-electron chi connectivity index (χ4n) is 4.52. The van der Waals surface area contributed by atoms with Gasteiger partial charge in [-0.05, 0) is 43.7 Å². The van der Waals surface area contributed by atoms with Gasteiger partial charge in [0.1, 0.15) is 6.61 Å². The van der Waals surface area contributed by atoms with E-state index in [4.69, 9.17) is 9.47 Å². The Kier molecular flexibility index (Phi) is 4.43. The van der Waals surface area contributed by atoms with Gasteiger partial charge in [-0.15, -0.1) is 0 Å².